The minimum Gasteiger partial charge on any atom is -0.408 e. The SMILES string of the molecule is O=c1[nH]c2c(CS(=O)(=O)Cl)cccc2o1. The van der Waals surface area contributed by atoms with Gasteiger partial charge in [-0.3, -0.25) is 4.98 Å². The average Bonchev–Trinajstić information content (AvgIpc) is 2.43. The van der Waals surface area contributed by atoms with E-state index in [1.807, 2.05) is 0 Å². The van der Waals surface area contributed by atoms with Gasteiger partial charge in [0.05, 0.1) is 11.3 Å². The van der Waals surface area contributed by atoms with Crippen LogP contribution in [0.4, 0.5) is 0 Å². The van der Waals surface area contributed by atoms with Gasteiger partial charge in [-0.25, -0.2) is 13.2 Å². The minimum absolute atomic E-state index is 0.317. The summed E-state index contributed by atoms with van der Waals surface area (Å²) in [5.41, 5.74) is 1.10. The van der Waals surface area contributed by atoms with Crippen LogP contribution >= 0.6 is 10.7 Å². The first-order valence-electron chi connectivity index (χ1n) is 3.99. The van der Waals surface area contributed by atoms with E-state index in [0.29, 0.717) is 16.7 Å². The van der Waals surface area contributed by atoms with Crippen molar-refractivity contribution in [3.63, 3.8) is 0 Å². The molecule has 0 aliphatic carbocycles. The maximum atomic E-state index is 10.9. The lowest BCUT2D eigenvalue weighted by Crippen LogP contribution is -1.98. The molecule has 0 amide bonds. The second-order valence-corrected chi connectivity index (χ2v) is 5.76. The fourth-order valence-corrected chi connectivity index (χ4v) is 2.30. The van der Waals surface area contributed by atoms with Crippen molar-refractivity contribution < 1.29 is 12.8 Å². The third kappa shape index (κ3) is 2.21. The number of halogens is 1. The molecule has 1 heterocycles. The molecule has 5 nitrogen and oxygen atoms in total. The molecule has 15 heavy (non-hydrogen) atoms. The third-order valence-electron chi connectivity index (χ3n) is 1.87. The number of benzene rings is 1. The van der Waals surface area contributed by atoms with E-state index >= 15 is 0 Å². The molecular formula is C8H6ClNO4S. The van der Waals surface area contributed by atoms with Gasteiger partial charge in [0.25, 0.3) is 0 Å². The maximum absolute atomic E-state index is 10.9. The molecule has 0 unspecified atom stereocenters. The summed E-state index contributed by atoms with van der Waals surface area (Å²) < 4.78 is 26.6. The normalized spacial score (nSPS) is 12.1. The molecule has 0 aliphatic heterocycles. The van der Waals surface area contributed by atoms with Crippen molar-refractivity contribution in [3.8, 4) is 0 Å². The van der Waals surface area contributed by atoms with Crippen LogP contribution in [0.5, 0.6) is 0 Å². The monoisotopic (exact) mass is 247 g/mol. The molecule has 0 aliphatic rings. The Kier molecular flexibility index (Phi) is 2.32. The van der Waals surface area contributed by atoms with Crippen molar-refractivity contribution in [1.82, 2.24) is 4.98 Å². The molecule has 2 aromatic rings. The third-order valence-corrected chi connectivity index (χ3v) is 2.85. The second kappa shape index (κ2) is 3.39. The van der Waals surface area contributed by atoms with Crippen molar-refractivity contribution in [2.75, 3.05) is 0 Å². The Bertz CT molecular complexity index is 655. The zero-order valence-electron chi connectivity index (χ0n) is 7.36. The fraction of sp³-hybridized carbons (Fsp3) is 0.125. The van der Waals surface area contributed by atoms with Crippen LogP contribution in [0.15, 0.2) is 27.4 Å². The van der Waals surface area contributed by atoms with E-state index in [4.69, 9.17) is 15.1 Å². The molecule has 0 radical (unpaired) electrons. The van der Waals surface area contributed by atoms with Gasteiger partial charge in [-0.15, -0.1) is 0 Å². The molecule has 80 valence electrons. The number of oxazole rings is 1. The van der Waals surface area contributed by atoms with Gasteiger partial charge < -0.3 is 4.42 Å². The smallest absolute Gasteiger partial charge is 0.408 e. The summed E-state index contributed by atoms with van der Waals surface area (Å²) >= 11 is 0. The average molecular weight is 248 g/mol. The summed E-state index contributed by atoms with van der Waals surface area (Å²) in [6.45, 7) is 0. The van der Waals surface area contributed by atoms with Gasteiger partial charge in [0.2, 0.25) is 9.05 Å². The van der Waals surface area contributed by atoms with Gasteiger partial charge in [0, 0.05) is 10.7 Å². The molecule has 0 saturated heterocycles. The second-order valence-electron chi connectivity index (χ2n) is 2.99. The number of fused-ring (bicyclic) bond motifs is 1. The standard InChI is InChI=1S/C8H6ClNO4S/c9-15(12,13)4-5-2-1-3-6-7(5)10-8(11)14-6/h1-3H,4H2,(H,10,11). The highest BCUT2D eigenvalue weighted by Crippen LogP contribution is 2.18. The number of aromatic amines is 1. The molecule has 7 heteroatoms. The molecule has 0 bridgehead atoms. The number of nitrogens with one attached hydrogen (secondary N) is 1. The Morgan fingerprint density at radius 3 is 2.80 bits per heavy atom. The van der Waals surface area contributed by atoms with E-state index in [2.05, 4.69) is 4.98 Å². The van der Waals surface area contributed by atoms with E-state index in [-0.39, 0.29) is 5.75 Å². The lowest BCUT2D eigenvalue weighted by Gasteiger charge is -1.97. The van der Waals surface area contributed by atoms with Crippen molar-refractivity contribution in [2.45, 2.75) is 5.75 Å². The number of hydrogen-bond acceptors (Lipinski definition) is 4. The molecule has 1 N–H and O–H groups in total. The van der Waals surface area contributed by atoms with E-state index in [1.54, 1.807) is 18.2 Å². The number of para-hydroxylation sites is 1. The van der Waals surface area contributed by atoms with E-state index < -0.39 is 14.8 Å². The molecular weight excluding hydrogens is 242 g/mol. The van der Waals surface area contributed by atoms with Crippen molar-refractivity contribution in [2.24, 2.45) is 0 Å². The highest BCUT2D eigenvalue weighted by Gasteiger charge is 2.12. The first-order valence-corrected chi connectivity index (χ1v) is 6.46. The van der Waals surface area contributed by atoms with Crippen LogP contribution in [0, 0.1) is 0 Å². The summed E-state index contributed by atoms with van der Waals surface area (Å²) in [6.07, 6.45) is 0. The summed E-state index contributed by atoms with van der Waals surface area (Å²) in [6, 6.07) is 4.72. The maximum Gasteiger partial charge on any atom is 0.417 e. The van der Waals surface area contributed by atoms with Gasteiger partial charge in [-0.2, -0.15) is 0 Å². The van der Waals surface area contributed by atoms with E-state index in [1.165, 1.54) is 0 Å². The zero-order valence-corrected chi connectivity index (χ0v) is 8.93. The molecule has 0 saturated carbocycles. The number of H-pyrrole nitrogens is 1. The molecule has 1 aromatic heterocycles. The summed E-state index contributed by atoms with van der Waals surface area (Å²) in [5.74, 6) is -0.967. The highest BCUT2D eigenvalue weighted by atomic mass is 35.7. The summed E-state index contributed by atoms with van der Waals surface area (Å²) in [5, 5.41) is 0. The molecule has 0 fully saturated rings. The van der Waals surface area contributed by atoms with Gasteiger partial charge in [0.15, 0.2) is 5.58 Å². The predicted molar refractivity (Wildman–Crippen MR) is 55.3 cm³/mol. The van der Waals surface area contributed by atoms with E-state index in [0.717, 1.165) is 0 Å². The Balaban J connectivity index is 2.65. The van der Waals surface area contributed by atoms with Crippen LogP contribution in [0.25, 0.3) is 11.1 Å². The lowest BCUT2D eigenvalue weighted by atomic mass is 10.2. The minimum atomic E-state index is -3.65. The molecule has 1 aromatic carbocycles. The van der Waals surface area contributed by atoms with Crippen LogP contribution in [0.1, 0.15) is 5.56 Å². The molecule has 0 atom stereocenters. The van der Waals surface area contributed by atoms with Gasteiger partial charge in [0.1, 0.15) is 0 Å². The fourth-order valence-electron chi connectivity index (χ4n) is 1.34. The number of hydrogen-bond donors (Lipinski definition) is 1. The largest absolute Gasteiger partial charge is 0.417 e. The van der Waals surface area contributed by atoms with Crippen LogP contribution in [0.2, 0.25) is 0 Å². The Labute approximate surface area is 89.1 Å². The van der Waals surface area contributed by atoms with Crippen LogP contribution in [0.3, 0.4) is 0 Å². The van der Waals surface area contributed by atoms with Crippen molar-refractivity contribution in [3.05, 3.63) is 34.3 Å². The van der Waals surface area contributed by atoms with Crippen LogP contribution in [-0.4, -0.2) is 13.4 Å². The van der Waals surface area contributed by atoms with Crippen LogP contribution < -0.4 is 5.76 Å². The first-order chi connectivity index (χ1) is 6.96. The molecule has 0 spiro atoms. The number of aromatic nitrogens is 1. The molecule has 2 rings (SSSR count). The number of rotatable bonds is 2. The Morgan fingerprint density at radius 1 is 1.40 bits per heavy atom. The van der Waals surface area contributed by atoms with Crippen molar-refractivity contribution in [1.29, 1.82) is 0 Å². The van der Waals surface area contributed by atoms with Gasteiger partial charge >= 0.3 is 5.76 Å². The zero-order chi connectivity index (χ0) is 11.1. The van der Waals surface area contributed by atoms with Crippen molar-refractivity contribution >= 4 is 30.8 Å². The summed E-state index contributed by atoms with van der Waals surface area (Å²) in [7, 11) is 1.47. The van der Waals surface area contributed by atoms with Gasteiger partial charge in [-0.05, 0) is 11.6 Å². The summed E-state index contributed by atoms with van der Waals surface area (Å²) in [4.78, 5) is 13.3. The highest BCUT2D eigenvalue weighted by molar-refractivity contribution is 8.13. The quantitative estimate of drug-likeness (QED) is 0.809. The Morgan fingerprint density at radius 2 is 2.13 bits per heavy atom. The van der Waals surface area contributed by atoms with Gasteiger partial charge in [-0.1, -0.05) is 12.1 Å². The predicted octanol–water partition coefficient (Wildman–Crippen LogP) is 1.19. The van der Waals surface area contributed by atoms with E-state index in [9.17, 15) is 13.2 Å². The van der Waals surface area contributed by atoms with Crippen LogP contribution in [-0.2, 0) is 14.8 Å². The first kappa shape index (κ1) is 10.3. The lowest BCUT2D eigenvalue weighted by molar-refractivity contribution is 0.555. The Hall–Kier alpha value is -1.27. The topological polar surface area (TPSA) is 80.1 Å².